The van der Waals surface area contributed by atoms with Crippen molar-refractivity contribution in [2.45, 2.75) is 12.8 Å². The fourth-order valence-electron chi connectivity index (χ4n) is 1.53. The van der Waals surface area contributed by atoms with Gasteiger partial charge < -0.3 is 9.15 Å². The van der Waals surface area contributed by atoms with Crippen molar-refractivity contribution >= 4 is 6.29 Å². The van der Waals surface area contributed by atoms with Crippen molar-refractivity contribution in [1.29, 1.82) is 0 Å². The van der Waals surface area contributed by atoms with Crippen LogP contribution in [0.1, 0.15) is 22.5 Å². The lowest BCUT2D eigenvalue weighted by Gasteiger charge is -2.05. The van der Waals surface area contributed by atoms with Crippen molar-refractivity contribution in [2.75, 3.05) is 6.61 Å². The van der Waals surface area contributed by atoms with Gasteiger partial charge in [0.15, 0.2) is 0 Å². The monoisotopic (exact) mass is 230 g/mol. The Kier molecular flexibility index (Phi) is 3.97. The molecule has 0 radical (unpaired) electrons. The highest BCUT2D eigenvalue weighted by Gasteiger charge is 1.97. The van der Waals surface area contributed by atoms with Gasteiger partial charge in [0.2, 0.25) is 0 Å². The smallest absolute Gasteiger partial charge is 0.150 e. The first-order valence-electron chi connectivity index (χ1n) is 5.59. The topological polar surface area (TPSA) is 39.4 Å². The molecule has 0 N–H and O–H groups in total. The minimum absolute atomic E-state index is 0.640. The molecular weight excluding hydrogens is 216 g/mol. The Bertz CT molecular complexity index is 443. The van der Waals surface area contributed by atoms with Crippen LogP contribution in [0.3, 0.4) is 0 Å². The van der Waals surface area contributed by atoms with E-state index < -0.39 is 0 Å². The van der Waals surface area contributed by atoms with Crippen LogP contribution in [0.4, 0.5) is 0 Å². The average Bonchev–Trinajstić information content (AvgIpc) is 2.88. The second-order valence-corrected chi connectivity index (χ2v) is 3.72. The standard InChI is InChI=1S/C14H14O3/c15-11-12-5-7-14(8-6-12)17-10-2-4-13-3-1-9-16-13/h1,3,5-9,11H,2,4,10H2. The predicted octanol–water partition coefficient (Wildman–Crippen LogP) is 3.10. The van der Waals surface area contributed by atoms with E-state index in [-0.39, 0.29) is 0 Å². The van der Waals surface area contributed by atoms with Crippen molar-refractivity contribution in [3.63, 3.8) is 0 Å². The van der Waals surface area contributed by atoms with E-state index >= 15 is 0 Å². The molecular formula is C14H14O3. The first kappa shape index (κ1) is 11.5. The molecule has 1 aromatic carbocycles. The van der Waals surface area contributed by atoms with Gasteiger partial charge in [-0.15, -0.1) is 0 Å². The highest BCUT2D eigenvalue weighted by atomic mass is 16.5. The van der Waals surface area contributed by atoms with Crippen LogP contribution in [0.2, 0.25) is 0 Å². The fourth-order valence-corrected chi connectivity index (χ4v) is 1.53. The van der Waals surface area contributed by atoms with Gasteiger partial charge in [-0.3, -0.25) is 4.79 Å². The summed E-state index contributed by atoms with van der Waals surface area (Å²) in [5.41, 5.74) is 0.660. The van der Waals surface area contributed by atoms with Crippen molar-refractivity contribution in [3.05, 3.63) is 54.0 Å². The van der Waals surface area contributed by atoms with E-state index in [0.717, 1.165) is 30.6 Å². The molecule has 0 aliphatic heterocycles. The van der Waals surface area contributed by atoms with E-state index in [9.17, 15) is 4.79 Å². The molecule has 2 rings (SSSR count). The van der Waals surface area contributed by atoms with Crippen LogP contribution >= 0.6 is 0 Å². The van der Waals surface area contributed by atoms with Gasteiger partial charge in [0.05, 0.1) is 12.9 Å². The number of hydrogen-bond acceptors (Lipinski definition) is 3. The number of benzene rings is 1. The highest BCUT2D eigenvalue weighted by Crippen LogP contribution is 2.12. The number of hydrogen-bond donors (Lipinski definition) is 0. The Morgan fingerprint density at radius 1 is 1.18 bits per heavy atom. The van der Waals surface area contributed by atoms with Crippen LogP contribution in [0.5, 0.6) is 5.75 Å². The molecule has 2 aromatic rings. The molecule has 1 aromatic heterocycles. The zero-order valence-corrected chi connectivity index (χ0v) is 9.46. The molecule has 3 heteroatoms. The molecule has 0 aliphatic carbocycles. The Morgan fingerprint density at radius 3 is 2.65 bits per heavy atom. The second kappa shape index (κ2) is 5.89. The van der Waals surface area contributed by atoms with Gasteiger partial charge in [-0.1, -0.05) is 0 Å². The summed E-state index contributed by atoms with van der Waals surface area (Å²) in [6.45, 7) is 0.640. The molecule has 0 aliphatic rings. The van der Waals surface area contributed by atoms with Crippen LogP contribution in [0, 0.1) is 0 Å². The number of rotatable bonds is 6. The third-order valence-electron chi connectivity index (χ3n) is 2.43. The number of furan rings is 1. The minimum Gasteiger partial charge on any atom is -0.494 e. The lowest BCUT2D eigenvalue weighted by molar-refractivity contribution is 0.112. The predicted molar refractivity (Wildman–Crippen MR) is 64.4 cm³/mol. The first-order valence-corrected chi connectivity index (χ1v) is 5.59. The van der Waals surface area contributed by atoms with E-state index in [1.165, 1.54) is 0 Å². The van der Waals surface area contributed by atoms with Gasteiger partial charge in [0.1, 0.15) is 17.8 Å². The molecule has 3 nitrogen and oxygen atoms in total. The van der Waals surface area contributed by atoms with E-state index in [4.69, 9.17) is 9.15 Å². The van der Waals surface area contributed by atoms with Gasteiger partial charge in [-0.05, 0) is 42.8 Å². The quantitative estimate of drug-likeness (QED) is 0.565. The molecule has 0 atom stereocenters. The maximum absolute atomic E-state index is 10.5. The summed E-state index contributed by atoms with van der Waals surface area (Å²) in [5, 5.41) is 0. The summed E-state index contributed by atoms with van der Waals surface area (Å²) >= 11 is 0. The van der Waals surface area contributed by atoms with Crippen molar-refractivity contribution < 1.29 is 13.9 Å². The second-order valence-electron chi connectivity index (χ2n) is 3.72. The lowest BCUT2D eigenvalue weighted by Crippen LogP contribution is -1.98. The molecule has 0 amide bonds. The maximum Gasteiger partial charge on any atom is 0.150 e. The average molecular weight is 230 g/mol. The molecule has 0 spiro atoms. The molecule has 17 heavy (non-hydrogen) atoms. The van der Waals surface area contributed by atoms with E-state index in [0.29, 0.717) is 12.2 Å². The molecule has 0 saturated heterocycles. The summed E-state index contributed by atoms with van der Waals surface area (Å²) in [5.74, 6) is 1.76. The minimum atomic E-state index is 0.640. The largest absolute Gasteiger partial charge is 0.494 e. The van der Waals surface area contributed by atoms with Crippen molar-refractivity contribution in [3.8, 4) is 5.75 Å². The molecule has 0 unspecified atom stereocenters. The van der Waals surface area contributed by atoms with Crippen molar-refractivity contribution in [2.24, 2.45) is 0 Å². The van der Waals surface area contributed by atoms with E-state index in [1.807, 2.05) is 12.1 Å². The first-order chi connectivity index (χ1) is 8.38. The number of aldehydes is 1. The fraction of sp³-hybridized carbons (Fsp3) is 0.214. The van der Waals surface area contributed by atoms with Gasteiger partial charge in [0, 0.05) is 12.0 Å². The maximum atomic E-state index is 10.5. The molecule has 1 heterocycles. The van der Waals surface area contributed by atoms with E-state index in [2.05, 4.69) is 0 Å². The normalized spacial score (nSPS) is 10.1. The molecule has 0 fully saturated rings. The van der Waals surface area contributed by atoms with Gasteiger partial charge >= 0.3 is 0 Å². The van der Waals surface area contributed by atoms with Crippen LogP contribution in [0.25, 0.3) is 0 Å². The molecule has 88 valence electrons. The Morgan fingerprint density at radius 2 is 2.00 bits per heavy atom. The Balaban J connectivity index is 1.72. The number of aryl methyl sites for hydroxylation is 1. The Labute approximate surface area is 100 Å². The lowest BCUT2D eigenvalue weighted by atomic mass is 10.2. The van der Waals surface area contributed by atoms with Crippen LogP contribution in [-0.2, 0) is 6.42 Å². The van der Waals surface area contributed by atoms with Gasteiger partial charge in [0.25, 0.3) is 0 Å². The van der Waals surface area contributed by atoms with Gasteiger partial charge in [-0.25, -0.2) is 0 Å². The summed E-state index contributed by atoms with van der Waals surface area (Å²) in [6.07, 6.45) is 4.28. The van der Waals surface area contributed by atoms with Crippen molar-refractivity contribution in [1.82, 2.24) is 0 Å². The van der Waals surface area contributed by atoms with Crippen LogP contribution in [-0.4, -0.2) is 12.9 Å². The number of ether oxygens (including phenoxy) is 1. The third-order valence-corrected chi connectivity index (χ3v) is 2.43. The third kappa shape index (κ3) is 3.48. The summed E-state index contributed by atoms with van der Waals surface area (Å²) in [4.78, 5) is 10.5. The SMILES string of the molecule is O=Cc1ccc(OCCCc2ccco2)cc1. The Hall–Kier alpha value is -2.03. The zero-order valence-electron chi connectivity index (χ0n) is 9.46. The summed E-state index contributed by atoms with van der Waals surface area (Å²) < 4.78 is 10.8. The number of carbonyl (C=O) groups is 1. The van der Waals surface area contributed by atoms with Crippen LogP contribution < -0.4 is 4.74 Å². The summed E-state index contributed by atoms with van der Waals surface area (Å²) in [6, 6.07) is 10.9. The van der Waals surface area contributed by atoms with E-state index in [1.54, 1.807) is 30.5 Å². The summed E-state index contributed by atoms with van der Waals surface area (Å²) in [7, 11) is 0. The van der Waals surface area contributed by atoms with Gasteiger partial charge in [-0.2, -0.15) is 0 Å². The molecule has 0 saturated carbocycles. The molecule has 0 bridgehead atoms. The highest BCUT2D eigenvalue weighted by molar-refractivity contribution is 5.74. The number of carbonyl (C=O) groups excluding carboxylic acids is 1. The zero-order chi connectivity index (χ0) is 11.9. The van der Waals surface area contributed by atoms with Crippen LogP contribution in [0.15, 0.2) is 47.1 Å².